The Labute approximate surface area is 135 Å². The monoisotopic (exact) mass is 330 g/mol. The lowest BCUT2D eigenvalue weighted by molar-refractivity contribution is -0.129. The molecule has 1 saturated heterocycles. The molecule has 1 unspecified atom stereocenters. The highest BCUT2D eigenvalue weighted by atomic mass is 35.5. The number of piperidine rings is 1. The second-order valence-electron chi connectivity index (χ2n) is 5.60. The summed E-state index contributed by atoms with van der Waals surface area (Å²) in [5.41, 5.74) is 0.411. The Kier molecular flexibility index (Phi) is 5.88. The first-order valence-electron chi connectivity index (χ1n) is 7.06. The van der Waals surface area contributed by atoms with Gasteiger partial charge in [0.2, 0.25) is 0 Å². The number of likely N-dealkylation sites (tertiary alicyclic amines) is 1. The number of amides is 1. The fraction of sp³-hybridized carbons (Fsp3) is 0.533. The summed E-state index contributed by atoms with van der Waals surface area (Å²) >= 11 is 11.8. The first-order valence-corrected chi connectivity index (χ1v) is 7.81. The summed E-state index contributed by atoms with van der Waals surface area (Å²) in [6.07, 6.45) is 0.888. The SMILES string of the molecule is CN1CCC(CNC(=O)C(O)c2cc(Cl)cc(Cl)c2)CC1. The van der Waals surface area contributed by atoms with E-state index >= 15 is 0 Å². The molecule has 4 nitrogen and oxygen atoms in total. The van der Waals surface area contributed by atoms with Gasteiger partial charge in [-0.3, -0.25) is 4.79 Å². The quantitative estimate of drug-likeness (QED) is 0.891. The Morgan fingerprint density at radius 3 is 2.48 bits per heavy atom. The van der Waals surface area contributed by atoms with Crippen LogP contribution in [-0.2, 0) is 4.79 Å². The molecule has 21 heavy (non-hydrogen) atoms. The Balaban J connectivity index is 1.87. The van der Waals surface area contributed by atoms with E-state index in [1.807, 2.05) is 0 Å². The Morgan fingerprint density at radius 1 is 1.33 bits per heavy atom. The van der Waals surface area contributed by atoms with Crippen molar-refractivity contribution >= 4 is 29.1 Å². The molecular formula is C15H20Cl2N2O2. The summed E-state index contributed by atoms with van der Waals surface area (Å²) in [5.74, 6) is 0.0626. The predicted molar refractivity (Wildman–Crippen MR) is 84.7 cm³/mol. The number of halogens is 2. The van der Waals surface area contributed by atoms with Crippen LogP contribution in [0.1, 0.15) is 24.5 Å². The van der Waals surface area contributed by atoms with E-state index in [2.05, 4.69) is 17.3 Å². The topological polar surface area (TPSA) is 52.6 Å². The molecule has 2 rings (SSSR count). The van der Waals surface area contributed by atoms with Crippen molar-refractivity contribution in [2.24, 2.45) is 5.92 Å². The van der Waals surface area contributed by atoms with Gasteiger partial charge in [0, 0.05) is 16.6 Å². The van der Waals surface area contributed by atoms with Crippen LogP contribution in [0.25, 0.3) is 0 Å². The van der Waals surface area contributed by atoms with Crippen LogP contribution < -0.4 is 5.32 Å². The Bertz CT molecular complexity index is 482. The van der Waals surface area contributed by atoms with Crippen LogP contribution in [-0.4, -0.2) is 42.6 Å². The third kappa shape index (κ3) is 4.85. The van der Waals surface area contributed by atoms with E-state index in [4.69, 9.17) is 23.2 Å². The molecule has 0 aromatic heterocycles. The minimum Gasteiger partial charge on any atom is -0.378 e. The smallest absolute Gasteiger partial charge is 0.253 e. The van der Waals surface area contributed by atoms with Crippen molar-refractivity contribution in [1.82, 2.24) is 10.2 Å². The number of carbonyl (C=O) groups is 1. The normalized spacial score (nSPS) is 18.5. The van der Waals surface area contributed by atoms with Crippen LogP contribution in [0.15, 0.2) is 18.2 Å². The van der Waals surface area contributed by atoms with Crippen LogP contribution in [0.4, 0.5) is 0 Å². The zero-order valence-electron chi connectivity index (χ0n) is 12.0. The highest BCUT2D eigenvalue weighted by molar-refractivity contribution is 6.34. The van der Waals surface area contributed by atoms with Crippen molar-refractivity contribution < 1.29 is 9.90 Å². The van der Waals surface area contributed by atoms with E-state index in [9.17, 15) is 9.90 Å². The van der Waals surface area contributed by atoms with Gasteiger partial charge in [0.1, 0.15) is 0 Å². The van der Waals surface area contributed by atoms with Crippen molar-refractivity contribution in [3.63, 3.8) is 0 Å². The molecule has 0 spiro atoms. The molecule has 1 aromatic rings. The summed E-state index contributed by atoms with van der Waals surface area (Å²) < 4.78 is 0. The molecule has 6 heteroatoms. The van der Waals surface area contributed by atoms with E-state index in [-0.39, 0.29) is 0 Å². The lowest BCUT2D eigenvalue weighted by Gasteiger charge is -2.29. The maximum atomic E-state index is 12.0. The van der Waals surface area contributed by atoms with Gasteiger partial charge in [0.25, 0.3) is 5.91 Å². The van der Waals surface area contributed by atoms with Gasteiger partial charge in [-0.15, -0.1) is 0 Å². The molecule has 1 amide bonds. The number of hydrogen-bond acceptors (Lipinski definition) is 3. The summed E-state index contributed by atoms with van der Waals surface area (Å²) in [6, 6.07) is 4.66. The number of nitrogens with one attached hydrogen (secondary N) is 1. The average Bonchev–Trinajstić information content (AvgIpc) is 2.44. The van der Waals surface area contributed by atoms with Gasteiger partial charge in [-0.05, 0) is 62.7 Å². The molecule has 0 saturated carbocycles. The maximum absolute atomic E-state index is 12.0. The second kappa shape index (κ2) is 7.45. The summed E-state index contributed by atoms with van der Waals surface area (Å²) in [5, 5.41) is 13.7. The van der Waals surface area contributed by atoms with Crippen molar-refractivity contribution in [3.05, 3.63) is 33.8 Å². The molecule has 0 aliphatic carbocycles. The summed E-state index contributed by atoms with van der Waals surface area (Å²) in [7, 11) is 2.10. The van der Waals surface area contributed by atoms with Crippen LogP contribution in [0.5, 0.6) is 0 Å². The summed E-state index contributed by atoms with van der Waals surface area (Å²) in [6.45, 7) is 2.69. The zero-order chi connectivity index (χ0) is 15.4. The summed E-state index contributed by atoms with van der Waals surface area (Å²) in [4.78, 5) is 14.3. The van der Waals surface area contributed by atoms with Gasteiger partial charge in [-0.25, -0.2) is 0 Å². The molecule has 0 radical (unpaired) electrons. The predicted octanol–water partition coefficient (Wildman–Crippen LogP) is 2.48. The molecule has 1 aliphatic rings. The maximum Gasteiger partial charge on any atom is 0.253 e. The fourth-order valence-corrected chi connectivity index (χ4v) is 3.04. The van der Waals surface area contributed by atoms with Gasteiger partial charge < -0.3 is 15.3 Å². The molecule has 116 valence electrons. The Morgan fingerprint density at radius 2 is 1.90 bits per heavy atom. The van der Waals surface area contributed by atoms with Crippen LogP contribution >= 0.6 is 23.2 Å². The molecule has 1 fully saturated rings. The van der Waals surface area contributed by atoms with E-state index < -0.39 is 12.0 Å². The molecule has 1 aromatic carbocycles. The number of benzene rings is 1. The molecule has 1 heterocycles. The number of hydrogen-bond donors (Lipinski definition) is 2. The lowest BCUT2D eigenvalue weighted by Crippen LogP contribution is -2.38. The van der Waals surface area contributed by atoms with Crippen molar-refractivity contribution in [3.8, 4) is 0 Å². The highest BCUT2D eigenvalue weighted by Crippen LogP contribution is 2.24. The van der Waals surface area contributed by atoms with Crippen molar-refractivity contribution in [2.45, 2.75) is 18.9 Å². The minimum absolute atomic E-state index is 0.402. The van der Waals surface area contributed by atoms with E-state index in [1.165, 1.54) is 0 Å². The highest BCUT2D eigenvalue weighted by Gasteiger charge is 2.21. The largest absolute Gasteiger partial charge is 0.378 e. The molecule has 1 atom stereocenters. The van der Waals surface area contributed by atoms with Gasteiger partial charge in [-0.2, -0.15) is 0 Å². The van der Waals surface area contributed by atoms with E-state index in [0.717, 1.165) is 25.9 Å². The van der Waals surface area contributed by atoms with Crippen LogP contribution in [0.3, 0.4) is 0 Å². The molecule has 1 aliphatic heterocycles. The number of nitrogens with zero attached hydrogens (tertiary/aromatic N) is 1. The van der Waals surface area contributed by atoms with E-state index in [1.54, 1.807) is 18.2 Å². The first-order chi connectivity index (χ1) is 9.95. The van der Waals surface area contributed by atoms with Gasteiger partial charge >= 0.3 is 0 Å². The van der Waals surface area contributed by atoms with Gasteiger partial charge in [-0.1, -0.05) is 23.2 Å². The lowest BCUT2D eigenvalue weighted by atomic mass is 9.97. The third-order valence-corrected chi connectivity index (χ3v) is 4.29. The number of rotatable bonds is 4. The van der Waals surface area contributed by atoms with Crippen LogP contribution in [0.2, 0.25) is 10.0 Å². The number of aliphatic hydroxyl groups is 1. The minimum atomic E-state index is -1.24. The number of carbonyl (C=O) groups excluding carboxylic acids is 1. The standard InChI is InChI=1S/C15H20Cl2N2O2/c1-19-4-2-10(3-5-19)9-18-15(21)14(20)11-6-12(16)8-13(17)7-11/h6-8,10,14,20H,2-5,9H2,1H3,(H,18,21). The zero-order valence-corrected chi connectivity index (χ0v) is 13.5. The first kappa shape index (κ1) is 16.6. The molecule has 2 N–H and O–H groups in total. The van der Waals surface area contributed by atoms with Crippen LogP contribution in [0, 0.1) is 5.92 Å². The second-order valence-corrected chi connectivity index (χ2v) is 6.47. The van der Waals surface area contributed by atoms with E-state index in [0.29, 0.717) is 28.1 Å². The molecular weight excluding hydrogens is 311 g/mol. The third-order valence-electron chi connectivity index (χ3n) is 3.85. The molecule has 0 bridgehead atoms. The fourth-order valence-electron chi connectivity index (χ4n) is 2.49. The number of aliphatic hydroxyl groups excluding tert-OH is 1. The van der Waals surface area contributed by atoms with Crippen molar-refractivity contribution in [2.75, 3.05) is 26.7 Å². The Hall–Kier alpha value is -0.810. The van der Waals surface area contributed by atoms with Crippen molar-refractivity contribution in [1.29, 1.82) is 0 Å². The van der Waals surface area contributed by atoms with Gasteiger partial charge in [0.15, 0.2) is 6.10 Å². The average molecular weight is 331 g/mol. The van der Waals surface area contributed by atoms with Gasteiger partial charge in [0.05, 0.1) is 0 Å².